The first-order chi connectivity index (χ1) is 7.59. The van der Waals surface area contributed by atoms with Gasteiger partial charge in [0.15, 0.2) is 4.67 Å². The number of carbonyl (C=O) groups is 1. The summed E-state index contributed by atoms with van der Waals surface area (Å²) in [5, 5.41) is 9.58. The highest BCUT2D eigenvalue weighted by molar-refractivity contribution is 9.10. The molecule has 2 rings (SSSR count). The van der Waals surface area contributed by atoms with Gasteiger partial charge in [-0.2, -0.15) is 5.10 Å². The number of anilines is 1. The molecular formula is C10H10BrN3O2. The minimum Gasteiger partial charge on any atom is -0.457 e. The molecule has 0 atom stereocenters. The number of aromatic nitrogens is 2. The molecule has 2 heterocycles. The van der Waals surface area contributed by atoms with Crippen molar-refractivity contribution < 1.29 is 9.21 Å². The maximum Gasteiger partial charge on any atom is 0.260 e. The Bertz CT molecular complexity index is 510. The summed E-state index contributed by atoms with van der Waals surface area (Å²) in [4.78, 5) is 11.9. The lowest BCUT2D eigenvalue weighted by atomic mass is 10.2. The smallest absolute Gasteiger partial charge is 0.260 e. The van der Waals surface area contributed by atoms with Crippen molar-refractivity contribution in [1.82, 2.24) is 10.2 Å². The SMILES string of the molecule is Cc1n[nH]c(C)c1NC(=O)c1ccoc1Br. The molecule has 1 amide bonds. The van der Waals surface area contributed by atoms with Gasteiger partial charge in [0.2, 0.25) is 0 Å². The van der Waals surface area contributed by atoms with Gasteiger partial charge >= 0.3 is 0 Å². The fraction of sp³-hybridized carbons (Fsp3) is 0.200. The summed E-state index contributed by atoms with van der Waals surface area (Å²) in [5.74, 6) is -0.228. The molecule has 0 saturated heterocycles. The number of hydrogen-bond donors (Lipinski definition) is 2. The molecule has 16 heavy (non-hydrogen) atoms. The van der Waals surface area contributed by atoms with Gasteiger partial charge in [-0.15, -0.1) is 0 Å². The number of nitrogens with one attached hydrogen (secondary N) is 2. The van der Waals surface area contributed by atoms with E-state index in [1.165, 1.54) is 6.26 Å². The number of nitrogens with zero attached hydrogens (tertiary/aromatic N) is 1. The van der Waals surface area contributed by atoms with Crippen LogP contribution in [0.5, 0.6) is 0 Å². The quantitative estimate of drug-likeness (QED) is 0.890. The van der Waals surface area contributed by atoms with E-state index in [0.29, 0.717) is 15.9 Å². The van der Waals surface area contributed by atoms with Crippen LogP contribution < -0.4 is 5.32 Å². The molecule has 0 spiro atoms. The number of aryl methyl sites for hydroxylation is 2. The Labute approximate surface area is 100 Å². The van der Waals surface area contributed by atoms with Crippen molar-refractivity contribution in [1.29, 1.82) is 0 Å². The van der Waals surface area contributed by atoms with Gasteiger partial charge in [-0.05, 0) is 35.8 Å². The van der Waals surface area contributed by atoms with E-state index in [0.717, 1.165) is 11.4 Å². The monoisotopic (exact) mass is 283 g/mol. The first-order valence-electron chi connectivity index (χ1n) is 4.65. The highest BCUT2D eigenvalue weighted by Crippen LogP contribution is 2.21. The lowest BCUT2D eigenvalue weighted by Gasteiger charge is -2.03. The Morgan fingerprint density at radius 2 is 2.31 bits per heavy atom. The largest absolute Gasteiger partial charge is 0.457 e. The van der Waals surface area contributed by atoms with Crippen LogP contribution in [0.15, 0.2) is 21.4 Å². The third-order valence-electron chi connectivity index (χ3n) is 2.23. The van der Waals surface area contributed by atoms with Crippen molar-refractivity contribution in [2.45, 2.75) is 13.8 Å². The molecular weight excluding hydrogens is 274 g/mol. The Morgan fingerprint density at radius 1 is 1.56 bits per heavy atom. The third-order valence-corrected chi connectivity index (χ3v) is 2.84. The number of H-pyrrole nitrogens is 1. The van der Waals surface area contributed by atoms with Gasteiger partial charge in [-0.3, -0.25) is 9.89 Å². The van der Waals surface area contributed by atoms with E-state index in [1.807, 2.05) is 13.8 Å². The first-order valence-corrected chi connectivity index (χ1v) is 5.45. The number of halogens is 1. The molecule has 2 aromatic heterocycles. The lowest BCUT2D eigenvalue weighted by molar-refractivity contribution is 0.102. The topological polar surface area (TPSA) is 70.9 Å². The Morgan fingerprint density at radius 3 is 2.81 bits per heavy atom. The molecule has 0 saturated carbocycles. The van der Waals surface area contributed by atoms with E-state index in [9.17, 15) is 4.79 Å². The second kappa shape index (κ2) is 4.13. The molecule has 0 bridgehead atoms. The normalized spacial score (nSPS) is 10.4. The fourth-order valence-electron chi connectivity index (χ4n) is 1.37. The van der Waals surface area contributed by atoms with Crippen LogP contribution in [-0.2, 0) is 0 Å². The van der Waals surface area contributed by atoms with Crippen LogP contribution in [0, 0.1) is 13.8 Å². The molecule has 2 aromatic rings. The summed E-state index contributed by atoms with van der Waals surface area (Å²) in [7, 11) is 0. The van der Waals surface area contributed by atoms with Gasteiger partial charge in [0.05, 0.1) is 28.9 Å². The predicted octanol–water partition coefficient (Wildman–Crippen LogP) is 2.63. The maximum absolute atomic E-state index is 11.9. The van der Waals surface area contributed by atoms with E-state index in [1.54, 1.807) is 6.07 Å². The van der Waals surface area contributed by atoms with Crippen molar-refractivity contribution >= 4 is 27.5 Å². The van der Waals surface area contributed by atoms with Crippen molar-refractivity contribution in [3.63, 3.8) is 0 Å². The minimum absolute atomic E-state index is 0.228. The Balaban J connectivity index is 2.24. The Kier molecular flexibility index (Phi) is 2.82. The molecule has 6 heteroatoms. The number of aromatic amines is 1. The molecule has 84 valence electrons. The molecule has 0 aliphatic carbocycles. The number of furan rings is 1. The van der Waals surface area contributed by atoms with Crippen LogP contribution >= 0.6 is 15.9 Å². The molecule has 0 aliphatic heterocycles. The molecule has 5 nitrogen and oxygen atoms in total. The molecule has 0 aliphatic rings. The molecule has 0 fully saturated rings. The van der Waals surface area contributed by atoms with Crippen LogP contribution in [0.25, 0.3) is 0 Å². The van der Waals surface area contributed by atoms with Gasteiger partial charge in [-0.25, -0.2) is 0 Å². The average molecular weight is 284 g/mol. The van der Waals surface area contributed by atoms with E-state index in [2.05, 4.69) is 31.4 Å². The van der Waals surface area contributed by atoms with Gasteiger partial charge < -0.3 is 9.73 Å². The van der Waals surface area contributed by atoms with E-state index < -0.39 is 0 Å². The second-order valence-electron chi connectivity index (χ2n) is 3.37. The summed E-state index contributed by atoms with van der Waals surface area (Å²) in [5.41, 5.74) is 2.74. The molecule has 0 unspecified atom stereocenters. The van der Waals surface area contributed by atoms with Gasteiger partial charge in [-0.1, -0.05) is 0 Å². The zero-order chi connectivity index (χ0) is 11.7. The molecule has 0 aromatic carbocycles. The van der Waals surface area contributed by atoms with Crippen molar-refractivity contribution in [2.75, 3.05) is 5.32 Å². The van der Waals surface area contributed by atoms with Crippen LogP contribution in [0.2, 0.25) is 0 Å². The standard InChI is InChI=1S/C10H10BrN3O2/c1-5-8(6(2)14-13-5)12-10(15)7-3-4-16-9(7)11/h3-4H,1-2H3,(H,12,15)(H,13,14). The van der Waals surface area contributed by atoms with Crippen molar-refractivity contribution in [3.05, 3.63) is 34.0 Å². The van der Waals surface area contributed by atoms with E-state index in [4.69, 9.17) is 4.42 Å². The van der Waals surface area contributed by atoms with E-state index in [-0.39, 0.29) is 5.91 Å². The van der Waals surface area contributed by atoms with E-state index >= 15 is 0 Å². The van der Waals surface area contributed by atoms with Crippen molar-refractivity contribution in [2.24, 2.45) is 0 Å². The van der Waals surface area contributed by atoms with Gasteiger partial charge in [0.1, 0.15) is 0 Å². The molecule has 2 N–H and O–H groups in total. The summed E-state index contributed by atoms with van der Waals surface area (Å²) in [6.07, 6.45) is 1.45. The maximum atomic E-state index is 11.9. The van der Waals surface area contributed by atoms with Gasteiger partial charge in [0, 0.05) is 0 Å². The summed E-state index contributed by atoms with van der Waals surface area (Å²) in [6, 6.07) is 1.60. The number of rotatable bonds is 2. The number of amides is 1. The van der Waals surface area contributed by atoms with Crippen LogP contribution in [0.4, 0.5) is 5.69 Å². The summed E-state index contributed by atoms with van der Waals surface area (Å²) < 4.78 is 5.42. The first kappa shape index (κ1) is 10.9. The zero-order valence-corrected chi connectivity index (χ0v) is 10.4. The summed E-state index contributed by atoms with van der Waals surface area (Å²) in [6.45, 7) is 3.67. The lowest BCUT2D eigenvalue weighted by Crippen LogP contribution is -2.12. The predicted molar refractivity (Wildman–Crippen MR) is 62.4 cm³/mol. The third kappa shape index (κ3) is 1.88. The number of hydrogen-bond acceptors (Lipinski definition) is 3. The highest BCUT2D eigenvalue weighted by atomic mass is 79.9. The minimum atomic E-state index is -0.228. The summed E-state index contributed by atoms with van der Waals surface area (Å²) >= 11 is 3.16. The average Bonchev–Trinajstić information content (AvgIpc) is 2.79. The van der Waals surface area contributed by atoms with Crippen LogP contribution in [0.3, 0.4) is 0 Å². The van der Waals surface area contributed by atoms with Crippen LogP contribution in [-0.4, -0.2) is 16.1 Å². The number of carbonyl (C=O) groups excluding carboxylic acids is 1. The molecule has 0 radical (unpaired) electrons. The fourth-order valence-corrected chi connectivity index (χ4v) is 1.79. The highest BCUT2D eigenvalue weighted by Gasteiger charge is 2.15. The Hall–Kier alpha value is -1.56. The van der Waals surface area contributed by atoms with Gasteiger partial charge in [0.25, 0.3) is 5.91 Å². The van der Waals surface area contributed by atoms with Crippen molar-refractivity contribution in [3.8, 4) is 0 Å². The zero-order valence-electron chi connectivity index (χ0n) is 8.80. The van der Waals surface area contributed by atoms with Crippen LogP contribution in [0.1, 0.15) is 21.7 Å². The second-order valence-corrected chi connectivity index (χ2v) is 4.09.